The Labute approximate surface area is 307 Å². The molecule has 0 fully saturated rings. The van der Waals surface area contributed by atoms with Crippen molar-refractivity contribution in [3.63, 3.8) is 0 Å². The maximum atomic E-state index is 12.5. The second-order valence-electron chi connectivity index (χ2n) is 12.9. The van der Waals surface area contributed by atoms with Crippen LogP contribution in [0.5, 0.6) is 0 Å². The molecule has 11 nitrogen and oxygen atoms in total. The molecule has 0 amide bonds. The molecule has 0 aromatic carbocycles. The number of esters is 2. The lowest BCUT2D eigenvalue weighted by Gasteiger charge is -2.20. The zero-order valence-corrected chi connectivity index (χ0v) is 32.4. The van der Waals surface area contributed by atoms with Gasteiger partial charge in [0, 0.05) is 19.3 Å². The third-order valence-corrected chi connectivity index (χ3v) is 8.95. The third-order valence-electron chi connectivity index (χ3n) is 8.00. The zero-order chi connectivity index (χ0) is 38.0. The molecule has 0 aliphatic rings. The van der Waals surface area contributed by atoms with Gasteiger partial charge in [-0.15, -0.1) is 0 Å². The number of phosphoric acid groups is 1. The maximum Gasteiger partial charge on any atom is 0.472 e. The van der Waals surface area contributed by atoms with Crippen molar-refractivity contribution in [3.05, 3.63) is 48.6 Å². The lowest BCUT2D eigenvalue weighted by molar-refractivity contribution is -0.161. The Bertz CT molecular complexity index is 1070. The second kappa shape index (κ2) is 33.4. The lowest BCUT2D eigenvalue weighted by atomic mass is 10.00. The highest BCUT2D eigenvalue weighted by molar-refractivity contribution is 7.47. The van der Waals surface area contributed by atoms with E-state index < -0.39 is 51.8 Å². The van der Waals surface area contributed by atoms with Crippen molar-refractivity contribution in [2.24, 2.45) is 5.92 Å². The highest BCUT2D eigenvalue weighted by Crippen LogP contribution is 2.43. The average Bonchev–Trinajstić information content (AvgIpc) is 3.11. The van der Waals surface area contributed by atoms with E-state index in [-0.39, 0.29) is 25.2 Å². The standard InChI is InChI=1S/C39H67O11P/c1-4-6-20-26-35(41)27-22-17-12-10-8-7-9-11-13-19-24-29-39(44)50-37(33-49-51(45,46)48-31-36(42)30-40)32-47-38(43)28-23-18-15-14-16-21-25-34(3)5-2/h7-8,11-13,17,22,27,34,36-37,40,42H,4-6,9-10,14-16,18-21,23-26,28-33H2,1-3H3,(H,45,46)/b8-7-,13-11-,17-12-,27-22+/t34?,36-,37+/m0/s1. The largest absolute Gasteiger partial charge is 0.472 e. The number of allylic oxidation sites excluding steroid dienone is 8. The number of carbonyl (C=O) groups is 3. The first-order chi connectivity index (χ1) is 24.5. The molecule has 12 heteroatoms. The Balaban J connectivity index is 4.55. The monoisotopic (exact) mass is 742 g/mol. The fourth-order valence-corrected chi connectivity index (χ4v) is 5.41. The lowest BCUT2D eigenvalue weighted by Crippen LogP contribution is -2.29. The first-order valence-electron chi connectivity index (χ1n) is 18.9. The fraction of sp³-hybridized carbons (Fsp3) is 0.718. The molecule has 0 aliphatic heterocycles. The number of ether oxygens (including phenoxy) is 2. The van der Waals surface area contributed by atoms with E-state index in [0.29, 0.717) is 25.7 Å². The highest BCUT2D eigenvalue weighted by atomic mass is 31.2. The highest BCUT2D eigenvalue weighted by Gasteiger charge is 2.27. The van der Waals surface area contributed by atoms with Gasteiger partial charge in [0.1, 0.15) is 12.7 Å². The van der Waals surface area contributed by atoms with Gasteiger partial charge < -0.3 is 24.6 Å². The number of carbonyl (C=O) groups excluding carboxylic acids is 3. The van der Waals surface area contributed by atoms with Crippen LogP contribution in [0.4, 0.5) is 0 Å². The number of hydrogen-bond donors (Lipinski definition) is 3. The van der Waals surface area contributed by atoms with Gasteiger partial charge in [0.25, 0.3) is 0 Å². The van der Waals surface area contributed by atoms with Gasteiger partial charge in [-0.2, -0.15) is 0 Å². The summed E-state index contributed by atoms with van der Waals surface area (Å²) in [5.74, 6) is -0.117. The summed E-state index contributed by atoms with van der Waals surface area (Å²) in [5, 5.41) is 18.3. The normalized spacial score (nSPS) is 15.1. The van der Waals surface area contributed by atoms with E-state index in [1.54, 1.807) is 12.2 Å². The van der Waals surface area contributed by atoms with E-state index in [1.165, 1.54) is 25.7 Å². The molecular weight excluding hydrogens is 675 g/mol. The van der Waals surface area contributed by atoms with Crippen molar-refractivity contribution < 1.29 is 52.6 Å². The number of hydrogen-bond acceptors (Lipinski definition) is 10. The summed E-state index contributed by atoms with van der Waals surface area (Å²) in [5.41, 5.74) is 0. The van der Waals surface area contributed by atoms with Crippen LogP contribution in [0.25, 0.3) is 0 Å². The molecule has 0 radical (unpaired) electrons. The van der Waals surface area contributed by atoms with Crippen LogP contribution in [0, 0.1) is 5.92 Å². The van der Waals surface area contributed by atoms with Crippen molar-refractivity contribution >= 4 is 25.5 Å². The van der Waals surface area contributed by atoms with Crippen LogP contribution in [0.15, 0.2) is 48.6 Å². The minimum atomic E-state index is -4.64. The Morgan fingerprint density at radius 2 is 1.35 bits per heavy atom. The summed E-state index contributed by atoms with van der Waals surface area (Å²) < 4.78 is 32.4. The van der Waals surface area contributed by atoms with E-state index in [9.17, 15) is 28.9 Å². The van der Waals surface area contributed by atoms with Crippen molar-refractivity contribution in [2.45, 2.75) is 149 Å². The summed E-state index contributed by atoms with van der Waals surface area (Å²) in [4.78, 5) is 46.4. The van der Waals surface area contributed by atoms with E-state index in [4.69, 9.17) is 19.1 Å². The Morgan fingerprint density at radius 3 is 2.06 bits per heavy atom. The van der Waals surface area contributed by atoms with Gasteiger partial charge in [-0.25, -0.2) is 4.57 Å². The van der Waals surface area contributed by atoms with Crippen LogP contribution in [-0.4, -0.2) is 71.5 Å². The minimum Gasteiger partial charge on any atom is -0.462 e. The number of ketones is 1. The van der Waals surface area contributed by atoms with Crippen LogP contribution < -0.4 is 0 Å². The molecule has 0 rings (SSSR count). The minimum absolute atomic E-state index is 0.0807. The Morgan fingerprint density at radius 1 is 0.725 bits per heavy atom. The topological polar surface area (TPSA) is 166 Å². The SMILES string of the molecule is CCCCCC(=O)/C=C/C=C\C/C=C\C/C=C\CCCC(=O)O[C@H](COC(=O)CCCCCCCCC(C)CC)COP(=O)(O)OC[C@@H](O)CO. The quantitative estimate of drug-likeness (QED) is 0.0145. The van der Waals surface area contributed by atoms with E-state index in [0.717, 1.165) is 57.3 Å². The molecule has 0 saturated heterocycles. The van der Waals surface area contributed by atoms with Crippen LogP contribution in [0.2, 0.25) is 0 Å². The summed E-state index contributed by atoms with van der Waals surface area (Å²) >= 11 is 0. The molecule has 0 aliphatic carbocycles. The summed E-state index contributed by atoms with van der Waals surface area (Å²) in [7, 11) is -4.64. The van der Waals surface area contributed by atoms with Crippen molar-refractivity contribution in [3.8, 4) is 0 Å². The Hall–Kier alpha value is -2.40. The summed E-state index contributed by atoms with van der Waals surface area (Å²) in [6.45, 7) is 4.36. The van der Waals surface area contributed by atoms with Gasteiger partial charge in [0.15, 0.2) is 11.9 Å². The number of aliphatic hydroxyl groups is 2. The zero-order valence-electron chi connectivity index (χ0n) is 31.5. The molecule has 0 aromatic heterocycles. The van der Waals surface area contributed by atoms with Crippen molar-refractivity contribution in [1.82, 2.24) is 0 Å². The number of phosphoric ester groups is 1. The smallest absolute Gasteiger partial charge is 0.462 e. The fourth-order valence-electron chi connectivity index (χ4n) is 4.62. The molecular formula is C39H67O11P. The van der Waals surface area contributed by atoms with Crippen LogP contribution in [0.1, 0.15) is 136 Å². The molecule has 0 heterocycles. The van der Waals surface area contributed by atoms with Gasteiger partial charge in [0.2, 0.25) is 0 Å². The van der Waals surface area contributed by atoms with Gasteiger partial charge in [-0.1, -0.05) is 121 Å². The number of aliphatic hydroxyl groups excluding tert-OH is 2. The first-order valence-corrected chi connectivity index (χ1v) is 20.4. The van der Waals surface area contributed by atoms with Crippen molar-refractivity contribution in [1.29, 1.82) is 0 Å². The van der Waals surface area contributed by atoms with Crippen molar-refractivity contribution in [2.75, 3.05) is 26.4 Å². The number of rotatable bonds is 34. The molecule has 3 N–H and O–H groups in total. The van der Waals surface area contributed by atoms with Crippen LogP contribution >= 0.6 is 7.82 Å². The van der Waals surface area contributed by atoms with Gasteiger partial charge >= 0.3 is 19.8 Å². The van der Waals surface area contributed by atoms with E-state index >= 15 is 0 Å². The molecule has 294 valence electrons. The third kappa shape index (κ3) is 33.2. The predicted octanol–water partition coefficient (Wildman–Crippen LogP) is 8.42. The average molecular weight is 743 g/mol. The first kappa shape index (κ1) is 48.6. The van der Waals surface area contributed by atoms with Gasteiger partial charge in [-0.05, 0) is 50.5 Å². The summed E-state index contributed by atoms with van der Waals surface area (Å²) in [6, 6.07) is 0. The molecule has 0 saturated carbocycles. The van der Waals surface area contributed by atoms with Crippen LogP contribution in [-0.2, 0) is 37.5 Å². The van der Waals surface area contributed by atoms with Gasteiger partial charge in [0.05, 0.1) is 19.8 Å². The molecule has 2 unspecified atom stereocenters. The Kier molecular flexibility index (Phi) is 31.9. The van der Waals surface area contributed by atoms with E-state index in [1.807, 2.05) is 36.5 Å². The molecule has 0 aromatic rings. The molecule has 51 heavy (non-hydrogen) atoms. The maximum absolute atomic E-state index is 12.5. The predicted molar refractivity (Wildman–Crippen MR) is 201 cm³/mol. The molecule has 4 atom stereocenters. The molecule has 0 bridgehead atoms. The second-order valence-corrected chi connectivity index (χ2v) is 14.3. The van der Waals surface area contributed by atoms with Gasteiger partial charge in [-0.3, -0.25) is 23.4 Å². The van der Waals surface area contributed by atoms with E-state index in [2.05, 4.69) is 25.3 Å². The van der Waals surface area contributed by atoms with Crippen LogP contribution in [0.3, 0.4) is 0 Å². The number of unbranched alkanes of at least 4 members (excludes halogenated alkanes) is 8. The summed E-state index contributed by atoms with van der Waals surface area (Å²) in [6.07, 6.45) is 28.1. The molecule has 0 spiro atoms.